The van der Waals surface area contributed by atoms with E-state index in [-0.39, 0.29) is 18.8 Å². The van der Waals surface area contributed by atoms with Crippen LogP contribution in [0, 0.1) is 5.82 Å². The second-order valence-corrected chi connectivity index (χ2v) is 4.14. The zero-order valence-corrected chi connectivity index (χ0v) is 10.7. The molecule has 0 saturated carbocycles. The van der Waals surface area contributed by atoms with E-state index in [1.807, 2.05) is 6.92 Å². The fraction of sp³-hybridized carbons (Fsp3) is 0.538. The molecule has 2 nitrogen and oxygen atoms in total. The maximum Gasteiger partial charge on any atom is 0.389 e. The topological polar surface area (TPSA) is 21.3 Å². The van der Waals surface area contributed by atoms with E-state index < -0.39 is 18.4 Å². The first kappa shape index (κ1) is 15.8. The van der Waals surface area contributed by atoms with Crippen LogP contribution in [0.15, 0.2) is 18.2 Å². The zero-order valence-electron chi connectivity index (χ0n) is 10.7. The smallest absolute Gasteiger partial charge is 0.389 e. The van der Waals surface area contributed by atoms with Crippen molar-refractivity contribution in [1.29, 1.82) is 0 Å². The molecule has 0 fully saturated rings. The number of hydrogen-bond donors (Lipinski definition) is 1. The molecule has 0 aliphatic heterocycles. The number of alkyl halides is 3. The van der Waals surface area contributed by atoms with E-state index in [2.05, 4.69) is 5.32 Å². The van der Waals surface area contributed by atoms with Gasteiger partial charge in [-0.25, -0.2) is 4.39 Å². The minimum Gasteiger partial charge on any atom is -0.493 e. The van der Waals surface area contributed by atoms with E-state index in [0.717, 1.165) is 6.54 Å². The highest BCUT2D eigenvalue weighted by Crippen LogP contribution is 2.22. The number of rotatable bonds is 7. The minimum absolute atomic E-state index is 0.0798. The molecule has 0 radical (unpaired) electrons. The lowest BCUT2D eigenvalue weighted by molar-refractivity contribution is -0.136. The Bertz CT molecular complexity index is 393. The van der Waals surface area contributed by atoms with Gasteiger partial charge >= 0.3 is 6.18 Å². The van der Waals surface area contributed by atoms with Crippen molar-refractivity contribution in [2.24, 2.45) is 0 Å². The summed E-state index contributed by atoms with van der Waals surface area (Å²) in [5.74, 6) is -0.198. The van der Waals surface area contributed by atoms with Crippen molar-refractivity contribution in [2.75, 3.05) is 13.2 Å². The van der Waals surface area contributed by atoms with Crippen molar-refractivity contribution in [3.8, 4) is 5.75 Å². The van der Waals surface area contributed by atoms with Gasteiger partial charge in [-0.3, -0.25) is 0 Å². The lowest BCUT2D eigenvalue weighted by atomic mass is 10.2. The Morgan fingerprint density at radius 3 is 2.58 bits per heavy atom. The summed E-state index contributed by atoms with van der Waals surface area (Å²) in [6.07, 6.45) is -5.21. The predicted octanol–water partition coefficient (Wildman–Crippen LogP) is 3.66. The third-order valence-corrected chi connectivity index (χ3v) is 2.38. The Morgan fingerprint density at radius 1 is 1.21 bits per heavy atom. The predicted molar refractivity (Wildman–Crippen MR) is 64.6 cm³/mol. The van der Waals surface area contributed by atoms with E-state index in [9.17, 15) is 17.6 Å². The maximum atomic E-state index is 13.3. The molecule has 6 heteroatoms. The summed E-state index contributed by atoms with van der Waals surface area (Å²) < 4.78 is 54.2. The van der Waals surface area contributed by atoms with E-state index in [4.69, 9.17) is 4.74 Å². The third kappa shape index (κ3) is 7.00. The number of benzene rings is 1. The lowest BCUT2D eigenvalue weighted by Crippen LogP contribution is -2.12. The van der Waals surface area contributed by atoms with Crippen molar-refractivity contribution >= 4 is 0 Å². The first-order chi connectivity index (χ1) is 8.90. The van der Waals surface area contributed by atoms with Gasteiger partial charge in [-0.2, -0.15) is 13.2 Å². The van der Waals surface area contributed by atoms with Gasteiger partial charge in [-0.1, -0.05) is 6.92 Å². The third-order valence-electron chi connectivity index (χ3n) is 2.38. The van der Waals surface area contributed by atoms with Crippen LogP contribution in [0.3, 0.4) is 0 Å². The normalized spacial score (nSPS) is 11.6. The van der Waals surface area contributed by atoms with Crippen LogP contribution in [0.25, 0.3) is 0 Å². The van der Waals surface area contributed by atoms with Crippen LogP contribution in [0.2, 0.25) is 0 Å². The molecule has 1 aromatic rings. The van der Waals surface area contributed by atoms with Gasteiger partial charge in [-0.05, 0) is 30.7 Å². The molecule has 0 atom stereocenters. The van der Waals surface area contributed by atoms with E-state index in [1.165, 1.54) is 12.1 Å². The number of hydrogen-bond acceptors (Lipinski definition) is 2. The second-order valence-electron chi connectivity index (χ2n) is 4.14. The Hall–Kier alpha value is -1.30. The molecular formula is C13H17F4NO. The summed E-state index contributed by atoms with van der Waals surface area (Å²) in [6, 6.07) is 4.16. The zero-order chi connectivity index (χ0) is 14.3. The summed E-state index contributed by atoms with van der Waals surface area (Å²) in [5, 5.41) is 3.04. The van der Waals surface area contributed by atoms with Crippen LogP contribution in [0.1, 0.15) is 25.3 Å². The van der Waals surface area contributed by atoms with Gasteiger partial charge in [0.05, 0.1) is 6.61 Å². The SMILES string of the molecule is CCNCc1cc(F)cc(OCCCC(F)(F)F)c1. The monoisotopic (exact) mass is 279 g/mol. The van der Waals surface area contributed by atoms with Gasteiger partial charge in [0.2, 0.25) is 0 Å². The van der Waals surface area contributed by atoms with E-state index in [1.54, 1.807) is 6.07 Å². The second kappa shape index (κ2) is 7.33. The molecule has 0 heterocycles. The minimum atomic E-state index is -4.18. The van der Waals surface area contributed by atoms with Crippen molar-refractivity contribution in [1.82, 2.24) is 5.32 Å². The molecule has 0 saturated heterocycles. The van der Waals surface area contributed by atoms with Crippen molar-refractivity contribution in [3.05, 3.63) is 29.6 Å². The van der Waals surface area contributed by atoms with Crippen LogP contribution >= 0.6 is 0 Å². The van der Waals surface area contributed by atoms with Gasteiger partial charge in [0.25, 0.3) is 0 Å². The van der Waals surface area contributed by atoms with Crippen LogP contribution < -0.4 is 10.1 Å². The Balaban J connectivity index is 2.46. The average molecular weight is 279 g/mol. The van der Waals surface area contributed by atoms with E-state index >= 15 is 0 Å². The van der Waals surface area contributed by atoms with Crippen LogP contribution in [-0.2, 0) is 6.54 Å². The van der Waals surface area contributed by atoms with Crippen LogP contribution in [0.4, 0.5) is 17.6 Å². The summed E-state index contributed by atoms with van der Waals surface area (Å²) in [5.41, 5.74) is 0.702. The quantitative estimate of drug-likeness (QED) is 0.607. The van der Waals surface area contributed by atoms with Crippen molar-refractivity contribution < 1.29 is 22.3 Å². The molecular weight excluding hydrogens is 262 g/mol. The highest BCUT2D eigenvalue weighted by molar-refractivity contribution is 5.29. The van der Waals surface area contributed by atoms with Crippen molar-refractivity contribution in [2.45, 2.75) is 32.5 Å². The van der Waals surface area contributed by atoms with Gasteiger partial charge < -0.3 is 10.1 Å². The molecule has 0 amide bonds. The fourth-order valence-electron chi connectivity index (χ4n) is 1.54. The first-order valence-corrected chi connectivity index (χ1v) is 6.10. The molecule has 0 aliphatic rings. The molecule has 1 N–H and O–H groups in total. The summed E-state index contributed by atoms with van der Waals surface area (Å²) in [6.45, 7) is 3.09. The van der Waals surface area contributed by atoms with E-state index in [0.29, 0.717) is 12.1 Å². The summed E-state index contributed by atoms with van der Waals surface area (Å²) >= 11 is 0. The molecule has 0 aliphatic carbocycles. The fourth-order valence-corrected chi connectivity index (χ4v) is 1.54. The number of ether oxygens (including phenoxy) is 1. The molecule has 108 valence electrons. The standard InChI is InChI=1S/C13H17F4NO/c1-2-18-9-10-6-11(14)8-12(7-10)19-5-3-4-13(15,16)17/h6-8,18H,2-5,9H2,1H3. The average Bonchev–Trinajstić information content (AvgIpc) is 2.30. The van der Waals surface area contributed by atoms with Gasteiger partial charge in [0.1, 0.15) is 11.6 Å². The molecule has 0 bridgehead atoms. The molecule has 0 unspecified atom stereocenters. The van der Waals surface area contributed by atoms with Crippen LogP contribution in [0.5, 0.6) is 5.75 Å². The highest BCUT2D eigenvalue weighted by atomic mass is 19.4. The maximum absolute atomic E-state index is 13.3. The molecule has 19 heavy (non-hydrogen) atoms. The highest BCUT2D eigenvalue weighted by Gasteiger charge is 2.26. The van der Waals surface area contributed by atoms with Gasteiger partial charge in [0, 0.05) is 19.0 Å². The lowest BCUT2D eigenvalue weighted by Gasteiger charge is -2.10. The Morgan fingerprint density at radius 2 is 1.95 bits per heavy atom. The first-order valence-electron chi connectivity index (χ1n) is 6.10. The molecule has 0 spiro atoms. The van der Waals surface area contributed by atoms with Gasteiger partial charge in [-0.15, -0.1) is 0 Å². The Labute approximate surface area is 109 Å². The largest absolute Gasteiger partial charge is 0.493 e. The molecule has 0 aromatic heterocycles. The van der Waals surface area contributed by atoms with Gasteiger partial charge in [0.15, 0.2) is 0 Å². The van der Waals surface area contributed by atoms with Crippen molar-refractivity contribution in [3.63, 3.8) is 0 Å². The summed E-state index contributed by atoms with van der Waals surface area (Å²) in [7, 11) is 0. The molecule has 1 aromatic carbocycles. The number of halogens is 4. The van der Waals surface area contributed by atoms with Crippen LogP contribution in [-0.4, -0.2) is 19.3 Å². The summed E-state index contributed by atoms with van der Waals surface area (Å²) in [4.78, 5) is 0. The molecule has 1 rings (SSSR count). The number of nitrogens with one attached hydrogen (secondary N) is 1. The Kier molecular flexibility index (Phi) is 6.08.